The number of imidazole rings is 1. The summed E-state index contributed by atoms with van der Waals surface area (Å²) in [5.74, 6) is 1.95. The third-order valence-corrected chi connectivity index (χ3v) is 4.78. The average Bonchev–Trinajstić information content (AvgIpc) is 3.03. The van der Waals surface area contributed by atoms with Crippen molar-refractivity contribution in [1.82, 2.24) is 9.55 Å². The van der Waals surface area contributed by atoms with Gasteiger partial charge in [-0.3, -0.25) is 4.79 Å². The molecular weight excluding hydrogens is 364 g/mol. The summed E-state index contributed by atoms with van der Waals surface area (Å²) in [6.07, 6.45) is 0. The molecule has 0 spiro atoms. The summed E-state index contributed by atoms with van der Waals surface area (Å²) in [6.45, 7) is 2.83. The molecule has 1 aromatic heterocycles. The Labute approximate surface area is 162 Å². The molecule has 0 fully saturated rings. The number of para-hydroxylation sites is 2. The number of nitrogens with zero attached hydrogens (tertiary/aromatic N) is 2. The van der Waals surface area contributed by atoms with Crippen molar-refractivity contribution in [3.05, 3.63) is 48.5 Å². The minimum absolute atomic E-state index is 0.146. The van der Waals surface area contributed by atoms with Crippen LogP contribution >= 0.6 is 11.8 Å². The van der Waals surface area contributed by atoms with Crippen molar-refractivity contribution in [3.8, 4) is 11.5 Å². The number of aromatic nitrogens is 2. The second-order valence-electron chi connectivity index (χ2n) is 5.65. The second-order valence-corrected chi connectivity index (χ2v) is 6.71. The average molecular weight is 386 g/mol. The maximum Gasteiger partial charge on any atom is 0.326 e. The highest BCUT2D eigenvalue weighted by Crippen LogP contribution is 2.25. The fourth-order valence-electron chi connectivity index (χ4n) is 2.64. The van der Waals surface area contributed by atoms with Crippen LogP contribution in [-0.4, -0.2) is 41.6 Å². The van der Waals surface area contributed by atoms with Gasteiger partial charge in [-0.25, -0.2) is 4.98 Å². The van der Waals surface area contributed by atoms with Gasteiger partial charge in [0, 0.05) is 11.8 Å². The van der Waals surface area contributed by atoms with Gasteiger partial charge in [0.2, 0.25) is 0 Å². The highest BCUT2D eigenvalue weighted by molar-refractivity contribution is 7.99. The topological polar surface area (TPSA) is 62.6 Å². The lowest BCUT2D eigenvalue weighted by Gasteiger charge is -2.09. The molecule has 142 valence electrons. The van der Waals surface area contributed by atoms with Gasteiger partial charge < -0.3 is 18.8 Å². The van der Waals surface area contributed by atoms with Crippen LogP contribution in [-0.2, 0) is 16.1 Å². The van der Waals surface area contributed by atoms with Gasteiger partial charge in [0.05, 0.1) is 31.4 Å². The van der Waals surface area contributed by atoms with Gasteiger partial charge in [0.15, 0.2) is 5.16 Å². The number of ether oxygens (including phenoxy) is 3. The molecule has 2 aromatic carbocycles. The monoisotopic (exact) mass is 386 g/mol. The quantitative estimate of drug-likeness (QED) is 0.317. The van der Waals surface area contributed by atoms with E-state index in [1.807, 2.05) is 53.1 Å². The largest absolute Gasteiger partial charge is 0.497 e. The first kappa shape index (κ1) is 19.1. The minimum atomic E-state index is -0.268. The number of fused-ring (bicyclic) bond motifs is 1. The van der Waals surface area contributed by atoms with Crippen LogP contribution in [0.25, 0.3) is 11.0 Å². The zero-order valence-corrected chi connectivity index (χ0v) is 16.2. The Morgan fingerprint density at radius 2 is 1.96 bits per heavy atom. The number of carbonyl (C=O) groups is 1. The Balaban J connectivity index is 1.65. The van der Waals surface area contributed by atoms with E-state index >= 15 is 0 Å². The second kappa shape index (κ2) is 9.32. The first-order valence-corrected chi connectivity index (χ1v) is 9.70. The van der Waals surface area contributed by atoms with Crippen LogP contribution < -0.4 is 9.47 Å². The van der Waals surface area contributed by atoms with Crippen molar-refractivity contribution >= 4 is 28.8 Å². The van der Waals surface area contributed by atoms with E-state index in [1.54, 1.807) is 25.8 Å². The molecule has 0 amide bonds. The molecule has 0 saturated heterocycles. The van der Waals surface area contributed by atoms with Crippen LogP contribution in [0.5, 0.6) is 11.5 Å². The van der Waals surface area contributed by atoms with Crippen molar-refractivity contribution < 1.29 is 19.0 Å². The molecule has 1 heterocycles. The van der Waals surface area contributed by atoms with Gasteiger partial charge in [-0.05, 0) is 31.2 Å². The van der Waals surface area contributed by atoms with Gasteiger partial charge in [0.25, 0.3) is 0 Å². The highest BCUT2D eigenvalue weighted by atomic mass is 32.2. The third-order valence-electron chi connectivity index (χ3n) is 3.84. The number of esters is 1. The number of hydrogen-bond donors (Lipinski definition) is 0. The fraction of sp³-hybridized carbons (Fsp3) is 0.300. The molecule has 0 bridgehead atoms. The predicted octanol–water partition coefficient (Wildman–Crippen LogP) is 3.78. The van der Waals surface area contributed by atoms with Crippen LogP contribution in [0.4, 0.5) is 0 Å². The Kier molecular flexibility index (Phi) is 6.59. The maximum absolute atomic E-state index is 12.0. The normalized spacial score (nSPS) is 10.7. The first-order valence-electron chi connectivity index (χ1n) is 8.71. The standard InChI is InChI=1S/C20H22N2O4S/c1-3-25-19(23)14-22-18-10-5-4-9-17(18)21-20(22)27-12-11-26-16-8-6-7-15(13-16)24-2/h4-10,13H,3,11-12,14H2,1-2H3. The number of thioether (sulfide) groups is 1. The fourth-order valence-corrected chi connectivity index (χ4v) is 3.47. The lowest BCUT2D eigenvalue weighted by molar-refractivity contribution is -0.143. The minimum Gasteiger partial charge on any atom is -0.497 e. The zero-order valence-electron chi connectivity index (χ0n) is 15.4. The summed E-state index contributed by atoms with van der Waals surface area (Å²) in [7, 11) is 1.63. The van der Waals surface area contributed by atoms with E-state index in [1.165, 1.54) is 0 Å². The van der Waals surface area contributed by atoms with E-state index < -0.39 is 0 Å². The molecule has 3 aromatic rings. The van der Waals surface area contributed by atoms with Crippen LogP contribution in [0.3, 0.4) is 0 Å². The van der Waals surface area contributed by atoms with Crippen LogP contribution in [0, 0.1) is 0 Å². The van der Waals surface area contributed by atoms with E-state index in [4.69, 9.17) is 14.2 Å². The van der Waals surface area contributed by atoms with Crippen LogP contribution in [0.1, 0.15) is 6.92 Å². The molecule has 0 aliphatic carbocycles. The summed E-state index contributed by atoms with van der Waals surface area (Å²) >= 11 is 1.55. The predicted molar refractivity (Wildman–Crippen MR) is 106 cm³/mol. The number of methoxy groups -OCH3 is 1. The summed E-state index contributed by atoms with van der Waals surface area (Å²) in [5, 5.41) is 0.776. The van der Waals surface area contributed by atoms with Crippen LogP contribution in [0.15, 0.2) is 53.7 Å². The lowest BCUT2D eigenvalue weighted by atomic mass is 10.3. The van der Waals surface area contributed by atoms with Gasteiger partial charge in [-0.2, -0.15) is 0 Å². The number of rotatable bonds is 9. The zero-order chi connectivity index (χ0) is 19.1. The molecule has 0 aliphatic rings. The first-order chi connectivity index (χ1) is 13.2. The molecule has 0 aliphatic heterocycles. The summed E-state index contributed by atoms with van der Waals surface area (Å²) in [5.41, 5.74) is 1.78. The summed E-state index contributed by atoms with van der Waals surface area (Å²) < 4.78 is 18.0. The Morgan fingerprint density at radius 3 is 2.78 bits per heavy atom. The summed E-state index contributed by atoms with van der Waals surface area (Å²) in [4.78, 5) is 16.6. The Bertz CT molecular complexity index is 910. The van der Waals surface area contributed by atoms with E-state index in [2.05, 4.69) is 4.98 Å². The van der Waals surface area contributed by atoms with Gasteiger partial charge in [-0.15, -0.1) is 0 Å². The summed E-state index contributed by atoms with van der Waals surface area (Å²) in [6, 6.07) is 15.3. The van der Waals surface area contributed by atoms with Crippen molar-refractivity contribution in [3.63, 3.8) is 0 Å². The van der Waals surface area contributed by atoms with E-state index in [0.29, 0.717) is 19.0 Å². The number of hydrogen-bond acceptors (Lipinski definition) is 6. The Morgan fingerprint density at radius 1 is 1.15 bits per heavy atom. The van der Waals surface area contributed by atoms with Crippen LogP contribution in [0.2, 0.25) is 0 Å². The molecule has 0 atom stereocenters. The maximum atomic E-state index is 12.0. The molecule has 0 unspecified atom stereocenters. The molecule has 27 heavy (non-hydrogen) atoms. The van der Waals surface area contributed by atoms with E-state index in [9.17, 15) is 4.79 Å². The molecule has 0 saturated carbocycles. The molecular formula is C20H22N2O4S. The lowest BCUT2D eigenvalue weighted by Crippen LogP contribution is -2.14. The van der Waals surface area contributed by atoms with Gasteiger partial charge >= 0.3 is 5.97 Å². The van der Waals surface area contributed by atoms with Gasteiger partial charge in [-0.1, -0.05) is 30.0 Å². The molecule has 0 N–H and O–H groups in total. The van der Waals surface area contributed by atoms with Crippen molar-refractivity contribution in [1.29, 1.82) is 0 Å². The molecule has 6 nitrogen and oxygen atoms in total. The third kappa shape index (κ3) is 4.95. The SMILES string of the molecule is CCOC(=O)Cn1c(SCCOc2cccc(OC)c2)nc2ccccc21. The molecule has 0 radical (unpaired) electrons. The highest BCUT2D eigenvalue weighted by Gasteiger charge is 2.14. The van der Waals surface area contributed by atoms with Crippen molar-refractivity contribution in [2.24, 2.45) is 0 Å². The smallest absolute Gasteiger partial charge is 0.326 e. The number of carbonyl (C=O) groups excluding carboxylic acids is 1. The van der Waals surface area contributed by atoms with Crippen molar-refractivity contribution in [2.75, 3.05) is 26.1 Å². The Hall–Kier alpha value is -2.67. The van der Waals surface area contributed by atoms with E-state index in [0.717, 1.165) is 27.7 Å². The molecule has 3 rings (SSSR count). The van der Waals surface area contributed by atoms with E-state index in [-0.39, 0.29) is 12.5 Å². The number of benzene rings is 2. The van der Waals surface area contributed by atoms with Crippen molar-refractivity contribution in [2.45, 2.75) is 18.6 Å². The van der Waals surface area contributed by atoms with Gasteiger partial charge in [0.1, 0.15) is 18.0 Å². The molecule has 7 heteroatoms.